The van der Waals surface area contributed by atoms with Crippen molar-refractivity contribution in [3.05, 3.63) is 24.0 Å². The molecular weight excluding hydrogens is 304 g/mol. The second kappa shape index (κ2) is 6.86. The van der Waals surface area contributed by atoms with Gasteiger partial charge in [0.1, 0.15) is 0 Å². The number of aryl methyl sites for hydroxylation is 1. The normalized spacial score (nSPS) is 20.5. The predicted octanol–water partition coefficient (Wildman–Crippen LogP) is 1.31. The number of aromatic nitrogens is 3. The molecule has 0 aromatic carbocycles. The zero-order valence-corrected chi connectivity index (χ0v) is 14.1. The number of nitrogens with one attached hydrogen (secondary N) is 1. The highest BCUT2D eigenvalue weighted by molar-refractivity contribution is 5.53. The molecule has 7 heteroatoms. The summed E-state index contributed by atoms with van der Waals surface area (Å²) in [6.45, 7) is 8.48. The molecule has 2 fully saturated rings. The molecule has 7 nitrogen and oxygen atoms in total. The molecule has 4 rings (SSSR count). The Morgan fingerprint density at radius 2 is 1.92 bits per heavy atom. The van der Waals surface area contributed by atoms with Gasteiger partial charge in [-0.05, 0) is 37.1 Å². The minimum atomic E-state index is 0.543. The molecule has 0 amide bonds. The molecule has 0 saturated carbocycles. The quantitative estimate of drug-likeness (QED) is 0.911. The molecule has 24 heavy (non-hydrogen) atoms. The highest BCUT2D eigenvalue weighted by Gasteiger charge is 2.27. The van der Waals surface area contributed by atoms with E-state index >= 15 is 0 Å². The Morgan fingerprint density at radius 3 is 2.62 bits per heavy atom. The second-order valence-electron chi connectivity index (χ2n) is 6.59. The van der Waals surface area contributed by atoms with E-state index in [0.29, 0.717) is 17.9 Å². The maximum Gasteiger partial charge on any atom is 0.266 e. The third kappa shape index (κ3) is 3.27. The fourth-order valence-electron chi connectivity index (χ4n) is 3.53. The molecule has 2 saturated heterocycles. The molecule has 128 valence electrons. The monoisotopic (exact) mass is 328 g/mol. The van der Waals surface area contributed by atoms with Gasteiger partial charge in [0.25, 0.3) is 11.8 Å². The van der Waals surface area contributed by atoms with Crippen molar-refractivity contribution in [1.29, 1.82) is 0 Å². The molecule has 2 aromatic rings. The SMILES string of the molecule is Cc1ccc(-c2nc(N3CCC(N4CCNCC4)CC3)no2)cn1. The van der Waals surface area contributed by atoms with Crippen molar-refractivity contribution in [2.75, 3.05) is 44.2 Å². The van der Waals surface area contributed by atoms with E-state index in [0.717, 1.165) is 63.4 Å². The van der Waals surface area contributed by atoms with E-state index in [2.05, 4.69) is 30.2 Å². The Labute approximate surface area is 142 Å². The number of nitrogens with zero attached hydrogens (tertiary/aromatic N) is 5. The van der Waals surface area contributed by atoms with Crippen molar-refractivity contribution in [2.45, 2.75) is 25.8 Å². The van der Waals surface area contributed by atoms with Crippen LogP contribution in [0.15, 0.2) is 22.9 Å². The smallest absolute Gasteiger partial charge is 0.266 e. The summed E-state index contributed by atoms with van der Waals surface area (Å²) in [6.07, 6.45) is 4.11. The molecule has 0 atom stereocenters. The number of hydrogen-bond acceptors (Lipinski definition) is 7. The Hall–Kier alpha value is -1.99. The fourth-order valence-corrected chi connectivity index (χ4v) is 3.53. The largest absolute Gasteiger partial charge is 0.338 e. The minimum Gasteiger partial charge on any atom is -0.338 e. The summed E-state index contributed by atoms with van der Waals surface area (Å²) in [5, 5.41) is 7.59. The average Bonchev–Trinajstić information content (AvgIpc) is 3.13. The number of pyridine rings is 1. The van der Waals surface area contributed by atoms with E-state index in [4.69, 9.17) is 4.52 Å². The zero-order chi connectivity index (χ0) is 16.4. The molecule has 2 aliphatic rings. The fraction of sp³-hybridized carbons (Fsp3) is 0.588. The third-order valence-corrected chi connectivity index (χ3v) is 4.99. The molecule has 0 unspecified atom stereocenters. The summed E-state index contributed by atoms with van der Waals surface area (Å²) in [5.74, 6) is 1.24. The average molecular weight is 328 g/mol. The Balaban J connectivity index is 1.38. The lowest BCUT2D eigenvalue weighted by Gasteiger charge is -2.39. The molecule has 0 spiro atoms. The maximum absolute atomic E-state index is 5.43. The summed E-state index contributed by atoms with van der Waals surface area (Å²) >= 11 is 0. The lowest BCUT2D eigenvalue weighted by Crippen LogP contribution is -2.52. The molecule has 1 N–H and O–H groups in total. The number of piperidine rings is 1. The third-order valence-electron chi connectivity index (χ3n) is 4.99. The number of hydrogen-bond donors (Lipinski definition) is 1. The highest BCUT2D eigenvalue weighted by atomic mass is 16.5. The lowest BCUT2D eigenvalue weighted by atomic mass is 10.0. The summed E-state index contributed by atoms with van der Waals surface area (Å²) in [7, 11) is 0. The van der Waals surface area contributed by atoms with Crippen LogP contribution >= 0.6 is 0 Å². The van der Waals surface area contributed by atoms with Crippen LogP contribution in [-0.4, -0.2) is 65.3 Å². The molecule has 2 aliphatic heterocycles. The van der Waals surface area contributed by atoms with E-state index in [1.807, 2.05) is 19.1 Å². The van der Waals surface area contributed by atoms with Gasteiger partial charge in [-0.15, -0.1) is 0 Å². The topological polar surface area (TPSA) is 70.3 Å². The number of piperazine rings is 1. The minimum absolute atomic E-state index is 0.543. The van der Waals surface area contributed by atoms with Gasteiger partial charge in [-0.25, -0.2) is 0 Å². The van der Waals surface area contributed by atoms with E-state index in [1.165, 1.54) is 0 Å². The first kappa shape index (κ1) is 15.5. The van der Waals surface area contributed by atoms with Crippen molar-refractivity contribution < 1.29 is 4.52 Å². The Kier molecular flexibility index (Phi) is 4.44. The van der Waals surface area contributed by atoms with Gasteiger partial charge >= 0.3 is 0 Å². The van der Waals surface area contributed by atoms with E-state index in [9.17, 15) is 0 Å². The predicted molar refractivity (Wildman–Crippen MR) is 91.9 cm³/mol. The van der Waals surface area contributed by atoms with E-state index in [-0.39, 0.29) is 0 Å². The van der Waals surface area contributed by atoms with Gasteiger partial charge in [0.2, 0.25) is 0 Å². The summed E-state index contributed by atoms with van der Waals surface area (Å²) in [4.78, 5) is 13.7. The molecule has 0 aliphatic carbocycles. The van der Waals surface area contributed by atoms with Crippen molar-refractivity contribution in [2.24, 2.45) is 0 Å². The second-order valence-corrected chi connectivity index (χ2v) is 6.59. The van der Waals surface area contributed by atoms with E-state index < -0.39 is 0 Å². The Bertz CT molecular complexity index is 656. The van der Waals surface area contributed by atoms with Gasteiger partial charge in [-0.3, -0.25) is 9.88 Å². The van der Waals surface area contributed by atoms with Gasteiger partial charge < -0.3 is 14.7 Å². The molecule has 0 radical (unpaired) electrons. The first-order valence-corrected chi connectivity index (χ1v) is 8.76. The van der Waals surface area contributed by atoms with Gasteiger partial charge in [-0.2, -0.15) is 4.98 Å². The van der Waals surface area contributed by atoms with Crippen LogP contribution in [0.5, 0.6) is 0 Å². The van der Waals surface area contributed by atoms with E-state index in [1.54, 1.807) is 6.20 Å². The van der Waals surface area contributed by atoms with Crippen LogP contribution in [-0.2, 0) is 0 Å². The van der Waals surface area contributed by atoms with Crippen LogP contribution in [0.2, 0.25) is 0 Å². The van der Waals surface area contributed by atoms with Gasteiger partial charge in [0.15, 0.2) is 0 Å². The molecule has 2 aromatic heterocycles. The number of anilines is 1. The van der Waals surface area contributed by atoms with Crippen LogP contribution in [0.25, 0.3) is 11.5 Å². The standard InChI is InChI=1S/C17H24N6O/c1-13-2-3-14(12-19-13)16-20-17(21-24-16)23-8-4-15(5-9-23)22-10-6-18-7-11-22/h2-3,12,15,18H,4-11H2,1H3. The van der Waals surface area contributed by atoms with Gasteiger partial charge in [-0.1, -0.05) is 0 Å². The van der Waals surface area contributed by atoms with Crippen LogP contribution in [0, 0.1) is 6.92 Å². The van der Waals surface area contributed by atoms with Gasteiger partial charge in [0, 0.05) is 57.2 Å². The van der Waals surface area contributed by atoms with Crippen LogP contribution in [0.3, 0.4) is 0 Å². The van der Waals surface area contributed by atoms with Crippen molar-refractivity contribution in [1.82, 2.24) is 25.3 Å². The van der Waals surface area contributed by atoms with Crippen LogP contribution < -0.4 is 10.2 Å². The molecular formula is C17H24N6O. The molecule has 0 bridgehead atoms. The summed E-state index contributed by atoms with van der Waals surface area (Å²) < 4.78 is 5.43. The first-order valence-electron chi connectivity index (χ1n) is 8.76. The maximum atomic E-state index is 5.43. The van der Waals surface area contributed by atoms with Gasteiger partial charge in [0.05, 0.1) is 5.56 Å². The first-order chi connectivity index (χ1) is 11.8. The van der Waals surface area contributed by atoms with Crippen LogP contribution in [0.1, 0.15) is 18.5 Å². The lowest BCUT2D eigenvalue weighted by molar-refractivity contribution is 0.149. The number of rotatable bonds is 3. The summed E-state index contributed by atoms with van der Waals surface area (Å²) in [5.41, 5.74) is 1.85. The van der Waals surface area contributed by atoms with Crippen molar-refractivity contribution >= 4 is 5.95 Å². The zero-order valence-electron chi connectivity index (χ0n) is 14.1. The highest BCUT2D eigenvalue weighted by Crippen LogP contribution is 2.24. The van der Waals surface area contributed by atoms with Crippen molar-refractivity contribution in [3.63, 3.8) is 0 Å². The summed E-state index contributed by atoms with van der Waals surface area (Å²) in [6, 6.07) is 4.62. The van der Waals surface area contributed by atoms with Crippen LogP contribution in [0.4, 0.5) is 5.95 Å². The Morgan fingerprint density at radius 1 is 1.12 bits per heavy atom. The van der Waals surface area contributed by atoms with Crippen molar-refractivity contribution in [3.8, 4) is 11.5 Å². The molecule has 4 heterocycles.